The van der Waals surface area contributed by atoms with Gasteiger partial charge in [0.05, 0.1) is 5.52 Å². The first kappa shape index (κ1) is 7.35. The van der Waals surface area contributed by atoms with Gasteiger partial charge >= 0.3 is 0 Å². The van der Waals surface area contributed by atoms with E-state index >= 15 is 0 Å². The van der Waals surface area contributed by atoms with E-state index in [0.717, 1.165) is 17.6 Å². The van der Waals surface area contributed by atoms with E-state index in [0.29, 0.717) is 0 Å². The van der Waals surface area contributed by atoms with Crippen molar-refractivity contribution < 1.29 is 0 Å². The lowest BCUT2D eigenvalue weighted by Gasteiger charge is -1.88. The van der Waals surface area contributed by atoms with Gasteiger partial charge in [0.25, 0.3) is 0 Å². The number of fused-ring (bicyclic) bond motifs is 1. The molecule has 0 unspecified atom stereocenters. The number of aryl methyl sites for hydroxylation is 1. The minimum atomic E-state index is 0.918. The summed E-state index contributed by atoms with van der Waals surface area (Å²) in [5.74, 6) is 0. The fourth-order valence-electron chi connectivity index (χ4n) is 1.29. The van der Waals surface area contributed by atoms with Crippen LogP contribution in [0.3, 0.4) is 0 Å². The molecule has 1 radical (unpaired) electrons. The van der Waals surface area contributed by atoms with E-state index in [2.05, 4.69) is 25.0 Å². The maximum Gasteiger partial charge on any atom is 0.0923 e. The number of nitrogens with zero attached hydrogens (tertiary/aromatic N) is 2. The number of rotatable bonds is 1. The molecule has 0 bridgehead atoms. The van der Waals surface area contributed by atoms with Crippen LogP contribution in [0.15, 0.2) is 24.4 Å². The summed E-state index contributed by atoms with van der Waals surface area (Å²) < 4.78 is 1.93. The average molecular weight is 159 g/mol. The molecule has 0 amide bonds. The van der Waals surface area contributed by atoms with Gasteiger partial charge in [-0.2, -0.15) is 5.10 Å². The van der Waals surface area contributed by atoms with E-state index in [1.807, 2.05) is 23.0 Å². The van der Waals surface area contributed by atoms with Crippen molar-refractivity contribution in [2.45, 2.75) is 13.5 Å². The Morgan fingerprint density at radius 3 is 3.08 bits per heavy atom. The lowest BCUT2D eigenvalue weighted by atomic mass is 10.2. The zero-order valence-electron chi connectivity index (χ0n) is 7.12. The second kappa shape index (κ2) is 2.63. The van der Waals surface area contributed by atoms with E-state index < -0.39 is 0 Å². The summed E-state index contributed by atoms with van der Waals surface area (Å²) in [6.45, 7) is 6.87. The molecule has 0 aliphatic heterocycles. The van der Waals surface area contributed by atoms with Crippen LogP contribution in [-0.4, -0.2) is 9.78 Å². The molecule has 0 fully saturated rings. The van der Waals surface area contributed by atoms with Crippen molar-refractivity contribution in [1.82, 2.24) is 9.78 Å². The molecule has 2 rings (SSSR count). The Kier molecular flexibility index (Phi) is 1.61. The van der Waals surface area contributed by atoms with Crippen molar-refractivity contribution in [1.29, 1.82) is 0 Å². The standard InChI is InChI=1S/C10H11N2/c1-3-12-7-9-6-8(2)4-5-10(9)11-12/h4-7H,2-3H2,1H3. The van der Waals surface area contributed by atoms with Crippen molar-refractivity contribution in [3.8, 4) is 0 Å². The highest BCUT2D eigenvalue weighted by Gasteiger charge is 1.97. The molecule has 0 saturated heterocycles. The molecular formula is C10H11N2. The van der Waals surface area contributed by atoms with Crippen LogP contribution in [0.2, 0.25) is 0 Å². The highest BCUT2D eigenvalue weighted by molar-refractivity contribution is 5.78. The van der Waals surface area contributed by atoms with Crippen molar-refractivity contribution in [2.75, 3.05) is 0 Å². The van der Waals surface area contributed by atoms with Gasteiger partial charge in [-0.1, -0.05) is 6.07 Å². The fourth-order valence-corrected chi connectivity index (χ4v) is 1.29. The van der Waals surface area contributed by atoms with Gasteiger partial charge in [0, 0.05) is 18.1 Å². The molecule has 0 N–H and O–H groups in total. The number of aromatic nitrogens is 2. The fraction of sp³-hybridized carbons (Fsp3) is 0.200. The topological polar surface area (TPSA) is 17.8 Å². The molecule has 2 nitrogen and oxygen atoms in total. The minimum absolute atomic E-state index is 0.918. The molecule has 1 aromatic heterocycles. The second-order valence-electron chi connectivity index (χ2n) is 2.88. The van der Waals surface area contributed by atoms with E-state index in [-0.39, 0.29) is 0 Å². The summed E-state index contributed by atoms with van der Waals surface area (Å²) in [6, 6.07) is 6.04. The average Bonchev–Trinajstić information content (AvgIpc) is 2.46. The Balaban J connectivity index is 2.67. The molecule has 0 spiro atoms. The van der Waals surface area contributed by atoms with E-state index in [1.54, 1.807) is 0 Å². The molecular weight excluding hydrogens is 148 g/mol. The monoisotopic (exact) mass is 159 g/mol. The van der Waals surface area contributed by atoms with Crippen LogP contribution < -0.4 is 0 Å². The third-order valence-electron chi connectivity index (χ3n) is 1.94. The molecule has 0 atom stereocenters. The number of benzene rings is 1. The van der Waals surface area contributed by atoms with Gasteiger partial charge in [-0.15, -0.1) is 0 Å². The van der Waals surface area contributed by atoms with Crippen LogP contribution in [0.4, 0.5) is 0 Å². The van der Waals surface area contributed by atoms with Crippen LogP contribution in [0.5, 0.6) is 0 Å². The van der Waals surface area contributed by atoms with E-state index in [9.17, 15) is 0 Å². The van der Waals surface area contributed by atoms with Gasteiger partial charge in [-0.3, -0.25) is 4.68 Å². The summed E-state index contributed by atoms with van der Waals surface area (Å²) in [5, 5.41) is 5.53. The zero-order chi connectivity index (χ0) is 8.55. The Morgan fingerprint density at radius 2 is 2.33 bits per heavy atom. The molecule has 0 aliphatic carbocycles. The van der Waals surface area contributed by atoms with Crippen LogP contribution >= 0.6 is 0 Å². The third kappa shape index (κ3) is 1.09. The molecule has 1 heterocycles. The lowest BCUT2D eigenvalue weighted by Crippen LogP contribution is -1.92. The highest BCUT2D eigenvalue weighted by atomic mass is 15.3. The highest BCUT2D eigenvalue weighted by Crippen LogP contribution is 2.13. The van der Waals surface area contributed by atoms with Gasteiger partial charge in [0.1, 0.15) is 0 Å². The summed E-state index contributed by atoms with van der Waals surface area (Å²) in [7, 11) is 0. The van der Waals surface area contributed by atoms with Gasteiger partial charge in [0.15, 0.2) is 0 Å². The largest absolute Gasteiger partial charge is 0.272 e. The van der Waals surface area contributed by atoms with Crippen molar-refractivity contribution in [3.05, 3.63) is 36.9 Å². The van der Waals surface area contributed by atoms with E-state index in [1.165, 1.54) is 5.39 Å². The summed E-state index contributed by atoms with van der Waals surface area (Å²) in [4.78, 5) is 0. The minimum Gasteiger partial charge on any atom is -0.272 e. The first-order chi connectivity index (χ1) is 5.79. The van der Waals surface area contributed by atoms with Gasteiger partial charge in [-0.05, 0) is 31.5 Å². The molecule has 2 aromatic rings. The molecule has 1 aromatic carbocycles. The van der Waals surface area contributed by atoms with Crippen LogP contribution in [0, 0.1) is 6.92 Å². The molecule has 0 saturated carbocycles. The maximum absolute atomic E-state index is 4.36. The Hall–Kier alpha value is -1.31. The number of hydrogen-bond donors (Lipinski definition) is 0. The lowest BCUT2D eigenvalue weighted by molar-refractivity contribution is 0.668. The zero-order valence-corrected chi connectivity index (χ0v) is 7.12. The third-order valence-corrected chi connectivity index (χ3v) is 1.94. The predicted octanol–water partition coefficient (Wildman–Crippen LogP) is 2.24. The van der Waals surface area contributed by atoms with Crippen molar-refractivity contribution in [2.24, 2.45) is 0 Å². The van der Waals surface area contributed by atoms with Crippen LogP contribution in [-0.2, 0) is 6.54 Å². The van der Waals surface area contributed by atoms with Crippen LogP contribution in [0.25, 0.3) is 10.9 Å². The smallest absolute Gasteiger partial charge is 0.0923 e. The summed E-state index contributed by atoms with van der Waals surface area (Å²) in [6.07, 6.45) is 2.05. The van der Waals surface area contributed by atoms with Crippen molar-refractivity contribution >= 4 is 10.9 Å². The quantitative estimate of drug-likeness (QED) is 0.624. The second-order valence-corrected chi connectivity index (χ2v) is 2.88. The summed E-state index contributed by atoms with van der Waals surface area (Å²) >= 11 is 0. The van der Waals surface area contributed by atoms with Gasteiger partial charge in [-0.25, -0.2) is 0 Å². The normalized spacial score (nSPS) is 10.8. The summed E-state index contributed by atoms with van der Waals surface area (Å²) in [5.41, 5.74) is 2.09. The predicted molar refractivity (Wildman–Crippen MR) is 49.9 cm³/mol. The number of hydrogen-bond acceptors (Lipinski definition) is 1. The Morgan fingerprint density at radius 1 is 1.50 bits per heavy atom. The van der Waals surface area contributed by atoms with Crippen molar-refractivity contribution in [3.63, 3.8) is 0 Å². The molecule has 0 aliphatic rings. The first-order valence-corrected chi connectivity index (χ1v) is 4.09. The molecule has 61 valence electrons. The van der Waals surface area contributed by atoms with Gasteiger partial charge in [0.2, 0.25) is 0 Å². The van der Waals surface area contributed by atoms with E-state index in [4.69, 9.17) is 0 Å². The molecule has 2 heteroatoms. The van der Waals surface area contributed by atoms with Gasteiger partial charge < -0.3 is 0 Å². The SMILES string of the molecule is [CH2]c1ccc2nn(CC)cc2c1. The van der Waals surface area contributed by atoms with Crippen LogP contribution in [0.1, 0.15) is 12.5 Å². The Bertz CT molecular complexity index is 401. The maximum atomic E-state index is 4.36. The first-order valence-electron chi connectivity index (χ1n) is 4.09. The Labute approximate surface area is 71.8 Å². The molecule has 12 heavy (non-hydrogen) atoms.